The molecule has 2 amide bonds. The van der Waals surface area contributed by atoms with E-state index in [9.17, 15) is 28.1 Å². The molecule has 0 spiro atoms. The Balaban J connectivity index is 2.27. The van der Waals surface area contributed by atoms with E-state index in [1.54, 1.807) is 35.1 Å². The van der Waals surface area contributed by atoms with Gasteiger partial charge in [0.2, 0.25) is 0 Å². The maximum atomic E-state index is 12.4. The lowest BCUT2D eigenvalue weighted by Crippen LogP contribution is -2.43. The van der Waals surface area contributed by atoms with Crippen LogP contribution in [0.25, 0.3) is 0 Å². The van der Waals surface area contributed by atoms with Crippen molar-refractivity contribution in [2.75, 3.05) is 0 Å². The minimum atomic E-state index is -4.50. The van der Waals surface area contributed by atoms with Crippen molar-refractivity contribution in [1.29, 1.82) is 0 Å². The Labute approximate surface area is 164 Å². The minimum Gasteiger partial charge on any atom is -0.436 e. The van der Waals surface area contributed by atoms with Crippen LogP contribution in [0, 0.1) is 10.1 Å². The molecule has 0 aliphatic heterocycles. The Hall–Kier alpha value is -3.18. The number of primary amides is 1. The van der Waals surface area contributed by atoms with E-state index < -0.39 is 43.6 Å². The number of nitro groups is 1. The highest BCUT2D eigenvalue weighted by Crippen LogP contribution is 2.27. The number of hydrogen-bond donors (Lipinski definition) is 2. The van der Waals surface area contributed by atoms with Crippen molar-refractivity contribution in [2.24, 2.45) is 5.73 Å². The Kier molecular flexibility index (Phi) is 6.54. The molecule has 0 aromatic heterocycles. The molecular formula is C16H14ClN3O7S. The monoisotopic (exact) mass is 427 g/mol. The van der Waals surface area contributed by atoms with Crippen molar-refractivity contribution in [3.63, 3.8) is 0 Å². The molecule has 12 heteroatoms. The fraction of sp³-hybridized carbons (Fsp3) is 0.125. The largest absolute Gasteiger partial charge is 0.436 e. The van der Waals surface area contributed by atoms with Crippen LogP contribution < -0.4 is 10.5 Å². The summed E-state index contributed by atoms with van der Waals surface area (Å²) in [5.74, 6) is -1.17. The summed E-state index contributed by atoms with van der Waals surface area (Å²) in [7, 11) is -4.50. The van der Waals surface area contributed by atoms with Crippen molar-refractivity contribution in [1.82, 2.24) is 4.72 Å². The lowest BCUT2D eigenvalue weighted by Gasteiger charge is -2.16. The zero-order valence-corrected chi connectivity index (χ0v) is 15.6. The lowest BCUT2D eigenvalue weighted by atomic mass is 10.1. The van der Waals surface area contributed by atoms with Gasteiger partial charge in [0, 0.05) is 12.5 Å². The highest BCUT2D eigenvalue weighted by Gasteiger charge is 2.29. The highest BCUT2D eigenvalue weighted by molar-refractivity contribution is 7.90. The second-order valence-corrected chi connectivity index (χ2v) is 7.54. The van der Waals surface area contributed by atoms with E-state index in [1.807, 2.05) is 0 Å². The van der Waals surface area contributed by atoms with Gasteiger partial charge in [0.15, 0.2) is 6.10 Å². The summed E-state index contributed by atoms with van der Waals surface area (Å²) in [6, 6.07) is 11.1. The number of rotatable bonds is 7. The van der Waals surface area contributed by atoms with Crippen LogP contribution in [0.3, 0.4) is 0 Å². The number of nitrogens with two attached hydrogens (primary N) is 1. The summed E-state index contributed by atoms with van der Waals surface area (Å²) in [5, 5.41) is 10.7. The number of carbonyl (C=O) groups is 2. The summed E-state index contributed by atoms with van der Waals surface area (Å²) < 4.78 is 31.2. The number of benzene rings is 2. The first-order valence-electron chi connectivity index (χ1n) is 7.61. The van der Waals surface area contributed by atoms with Crippen molar-refractivity contribution in [3.8, 4) is 0 Å². The second kappa shape index (κ2) is 8.67. The fourth-order valence-electron chi connectivity index (χ4n) is 2.21. The molecule has 1 atom stereocenters. The van der Waals surface area contributed by atoms with Gasteiger partial charge in [-0.15, -0.1) is 0 Å². The molecule has 0 aliphatic carbocycles. The van der Waals surface area contributed by atoms with E-state index in [-0.39, 0.29) is 11.4 Å². The van der Waals surface area contributed by atoms with Gasteiger partial charge < -0.3 is 10.5 Å². The Bertz CT molecular complexity index is 1010. The molecule has 2 aromatic rings. The van der Waals surface area contributed by atoms with Gasteiger partial charge in [-0.25, -0.2) is 17.9 Å². The lowest BCUT2D eigenvalue weighted by molar-refractivity contribution is -0.384. The van der Waals surface area contributed by atoms with Crippen LogP contribution in [0.1, 0.15) is 5.56 Å². The number of carbonyl (C=O) groups excluding carboxylic acids is 2. The van der Waals surface area contributed by atoms with Crippen LogP contribution in [0.2, 0.25) is 5.02 Å². The quantitative estimate of drug-likeness (QED) is 0.502. The average molecular weight is 428 g/mol. The SMILES string of the molecule is NC(=O)OC(Cc1ccccc1)C(=O)NS(=O)(=O)c1ccc(Cl)c([N+](=O)[O-])c1. The van der Waals surface area contributed by atoms with Crippen LogP contribution in [0.5, 0.6) is 0 Å². The molecule has 1 unspecified atom stereocenters. The molecule has 2 aromatic carbocycles. The molecule has 0 aliphatic rings. The van der Waals surface area contributed by atoms with Gasteiger partial charge in [0.05, 0.1) is 9.82 Å². The molecule has 0 saturated heterocycles. The molecule has 10 nitrogen and oxygen atoms in total. The van der Waals surface area contributed by atoms with E-state index in [1.165, 1.54) is 0 Å². The van der Waals surface area contributed by atoms with Crippen molar-refractivity contribution < 1.29 is 27.7 Å². The van der Waals surface area contributed by atoms with Crippen LogP contribution in [0.15, 0.2) is 53.4 Å². The average Bonchev–Trinajstić information content (AvgIpc) is 2.61. The topological polar surface area (TPSA) is 159 Å². The van der Waals surface area contributed by atoms with Crippen LogP contribution in [-0.4, -0.2) is 31.4 Å². The third kappa shape index (κ3) is 5.41. The Morgan fingerprint density at radius 1 is 1.21 bits per heavy atom. The zero-order valence-electron chi connectivity index (χ0n) is 14.1. The first-order chi connectivity index (χ1) is 13.1. The van der Waals surface area contributed by atoms with Crippen molar-refractivity contribution in [2.45, 2.75) is 17.4 Å². The van der Waals surface area contributed by atoms with Crippen LogP contribution in [-0.2, 0) is 26.0 Å². The van der Waals surface area contributed by atoms with E-state index in [4.69, 9.17) is 22.1 Å². The summed E-state index contributed by atoms with van der Waals surface area (Å²) in [5.41, 5.74) is 4.89. The molecule has 0 heterocycles. The van der Waals surface area contributed by atoms with Gasteiger partial charge in [0.25, 0.3) is 21.6 Å². The number of ether oxygens (including phenoxy) is 1. The fourth-order valence-corrected chi connectivity index (χ4v) is 3.43. The standard InChI is InChI=1S/C16H14ClN3O7S/c17-12-7-6-11(9-13(12)20(23)24)28(25,26)19-15(21)14(27-16(18)22)8-10-4-2-1-3-5-10/h1-7,9,14H,8H2,(H2,18,22)(H,19,21). The molecule has 2 rings (SSSR count). The summed E-state index contributed by atoms with van der Waals surface area (Å²) in [6.07, 6.45) is -2.93. The predicted octanol–water partition coefficient (Wildman–Crippen LogP) is 1.76. The van der Waals surface area contributed by atoms with Gasteiger partial charge in [-0.1, -0.05) is 41.9 Å². The number of nitro benzene ring substituents is 1. The van der Waals surface area contributed by atoms with Gasteiger partial charge >= 0.3 is 6.09 Å². The first-order valence-corrected chi connectivity index (χ1v) is 9.47. The van der Waals surface area contributed by atoms with Gasteiger partial charge in [0.1, 0.15) is 5.02 Å². The molecule has 0 radical (unpaired) electrons. The third-order valence-electron chi connectivity index (χ3n) is 3.47. The number of sulfonamides is 1. The summed E-state index contributed by atoms with van der Waals surface area (Å²) in [6.45, 7) is 0. The van der Waals surface area contributed by atoms with E-state index in [2.05, 4.69) is 0 Å². The predicted molar refractivity (Wildman–Crippen MR) is 98.0 cm³/mol. The minimum absolute atomic E-state index is 0.133. The number of halogens is 1. The molecule has 0 fully saturated rings. The maximum absolute atomic E-state index is 12.4. The summed E-state index contributed by atoms with van der Waals surface area (Å²) >= 11 is 5.65. The maximum Gasteiger partial charge on any atom is 0.405 e. The van der Waals surface area contributed by atoms with Crippen molar-refractivity contribution >= 4 is 39.3 Å². The Morgan fingerprint density at radius 3 is 2.43 bits per heavy atom. The molecule has 0 bridgehead atoms. The van der Waals surface area contributed by atoms with E-state index in [0.717, 1.165) is 12.1 Å². The van der Waals surface area contributed by atoms with E-state index in [0.29, 0.717) is 11.6 Å². The summed E-state index contributed by atoms with van der Waals surface area (Å²) in [4.78, 5) is 33.0. The van der Waals surface area contributed by atoms with Crippen LogP contribution >= 0.6 is 11.6 Å². The second-order valence-electron chi connectivity index (χ2n) is 5.46. The van der Waals surface area contributed by atoms with Gasteiger partial charge in [-0.3, -0.25) is 14.9 Å². The highest BCUT2D eigenvalue weighted by atomic mass is 35.5. The first kappa shape index (κ1) is 21.1. The van der Waals surface area contributed by atoms with Gasteiger partial charge in [-0.05, 0) is 17.7 Å². The third-order valence-corrected chi connectivity index (χ3v) is 5.14. The molecule has 28 heavy (non-hydrogen) atoms. The zero-order chi connectivity index (χ0) is 20.9. The molecular weight excluding hydrogens is 414 g/mol. The van der Waals surface area contributed by atoms with Crippen LogP contribution in [0.4, 0.5) is 10.5 Å². The molecule has 3 N–H and O–H groups in total. The van der Waals surface area contributed by atoms with E-state index >= 15 is 0 Å². The van der Waals surface area contributed by atoms with Gasteiger partial charge in [-0.2, -0.15) is 0 Å². The normalized spacial score (nSPS) is 12.0. The smallest absolute Gasteiger partial charge is 0.405 e. The molecule has 148 valence electrons. The molecule has 0 saturated carbocycles. The van der Waals surface area contributed by atoms with Crippen molar-refractivity contribution in [3.05, 3.63) is 69.2 Å². The Morgan fingerprint density at radius 2 is 1.86 bits per heavy atom. The number of nitrogens with zero attached hydrogens (tertiary/aromatic N) is 1. The number of hydrogen-bond acceptors (Lipinski definition) is 7. The number of nitrogens with one attached hydrogen (secondary N) is 1. The number of amides is 2.